The molecular weight excluding hydrogens is 328 g/mol. The SMILES string of the molecule is COc1ccccc1-n1c(O)c(/C=N/N2CCOCC2)c(=O)[nH]c1=O. The van der Waals surface area contributed by atoms with Crippen molar-refractivity contribution < 1.29 is 14.6 Å². The number of nitrogens with zero attached hydrogens (tertiary/aromatic N) is 3. The number of hydrogen-bond acceptors (Lipinski definition) is 7. The zero-order chi connectivity index (χ0) is 17.8. The summed E-state index contributed by atoms with van der Waals surface area (Å²) in [6.07, 6.45) is 1.24. The lowest BCUT2D eigenvalue weighted by Crippen LogP contribution is -2.34. The van der Waals surface area contributed by atoms with Gasteiger partial charge in [-0.3, -0.25) is 14.8 Å². The predicted octanol–water partition coefficient (Wildman–Crippen LogP) is -0.0939. The van der Waals surface area contributed by atoms with E-state index in [0.717, 1.165) is 4.57 Å². The van der Waals surface area contributed by atoms with Gasteiger partial charge in [0.05, 0.1) is 45.3 Å². The molecule has 9 nitrogen and oxygen atoms in total. The number of rotatable bonds is 4. The number of aromatic amines is 1. The summed E-state index contributed by atoms with van der Waals surface area (Å²) in [6, 6.07) is 6.67. The summed E-state index contributed by atoms with van der Waals surface area (Å²) in [6.45, 7) is 2.25. The maximum absolute atomic E-state index is 12.2. The minimum absolute atomic E-state index is 0.114. The fourth-order valence-electron chi connectivity index (χ4n) is 2.50. The molecule has 9 heteroatoms. The molecule has 0 saturated carbocycles. The van der Waals surface area contributed by atoms with Crippen molar-refractivity contribution in [2.45, 2.75) is 0 Å². The topological polar surface area (TPSA) is 109 Å². The zero-order valence-corrected chi connectivity index (χ0v) is 13.6. The van der Waals surface area contributed by atoms with E-state index in [1.165, 1.54) is 13.3 Å². The van der Waals surface area contributed by atoms with Gasteiger partial charge in [0.1, 0.15) is 11.3 Å². The summed E-state index contributed by atoms with van der Waals surface area (Å²) in [5.74, 6) is -0.127. The quantitative estimate of drug-likeness (QED) is 0.749. The predicted molar refractivity (Wildman–Crippen MR) is 90.9 cm³/mol. The highest BCUT2D eigenvalue weighted by Gasteiger charge is 2.17. The molecule has 132 valence electrons. The number of hydrogen-bond donors (Lipinski definition) is 2. The summed E-state index contributed by atoms with van der Waals surface area (Å²) in [4.78, 5) is 26.5. The van der Waals surface area contributed by atoms with Gasteiger partial charge in [0.2, 0.25) is 5.88 Å². The number of methoxy groups -OCH3 is 1. The largest absolute Gasteiger partial charge is 0.495 e. The first kappa shape index (κ1) is 16.8. The van der Waals surface area contributed by atoms with Gasteiger partial charge in [0.15, 0.2) is 0 Å². The van der Waals surface area contributed by atoms with Gasteiger partial charge < -0.3 is 14.6 Å². The molecule has 1 fully saturated rings. The Hall–Kier alpha value is -3.07. The van der Waals surface area contributed by atoms with Crippen LogP contribution in [-0.4, -0.2) is 59.3 Å². The molecule has 25 heavy (non-hydrogen) atoms. The number of nitrogens with one attached hydrogen (secondary N) is 1. The molecule has 1 aliphatic rings. The average molecular weight is 346 g/mol. The average Bonchev–Trinajstić information content (AvgIpc) is 2.62. The van der Waals surface area contributed by atoms with Crippen molar-refractivity contribution in [2.75, 3.05) is 33.4 Å². The first-order valence-electron chi connectivity index (χ1n) is 7.70. The van der Waals surface area contributed by atoms with E-state index >= 15 is 0 Å². The summed E-state index contributed by atoms with van der Waals surface area (Å²) in [7, 11) is 1.45. The van der Waals surface area contributed by atoms with E-state index in [0.29, 0.717) is 37.7 Å². The maximum atomic E-state index is 12.2. The Kier molecular flexibility index (Phi) is 4.85. The third-order valence-electron chi connectivity index (χ3n) is 3.78. The zero-order valence-electron chi connectivity index (χ0n) is 13.6. The Morgan fingerprint density at radius 2 is 2.00 bits per heavy atom. The number of aromatic hydroxyl groups is 1. The Bertz CT molecular complexity index is 896. The number of para-hydroxylation sites is 2. The summed E-state index contributed by atoms with van der Waals surface area (Å²) in [5.41, 5.74) is -1.29. The van der Waals surface area contributed by atoms with E-state index in [9.17, 15) is 14.7 Å². The molecule has 0 atom stereocenters. The van der Waals surface area contributed by atoms with Crippen LogP contribution in [0.4, 0.5) is 0 Å². The Morgan fingerprint density at radius 1 is 1.28 bits per heavy atom. The second-order valence-corrected chi connectivity index (χ2v) is 5.31. The Labute approximate surface area is 142 Å². The number of benzene rings is 1. The second-order valence-electron chi connectivity index (χ2n) is 5.31. The Morgan fingerprint density at radius 3 is 2.72 bits per heavy atom. The van der Waals surface area contributed by atoms with E-state index in [1.54, 1.807) is 29.3 Å². The van der Waals surface area contributed by atoms with E-state index in [2.05, 4.69) is 10.1 Å². The van der Waals surface area contributed by atoms with Gasteiger partial charge in [-0.05, 0) is 12.1 Å². The summed E-state index contributed by atoms with van der Waals surface area (Å²) >= 11 is 0. The molecule has 0 radical (unpaired) electrons. The Balaban J connectivity index is 2.07. The van der Waals surface area contributed by atoms with Crippen LogP contribution in [0, 0.1) is 0 Å². The van der Waals surface area contributed by atoms with Gasteiger partial charge in [0.25, 0.3) is 5.56 Å². The highest BCUT2D eigenvalue weighted by atomic mass is 16.5. The van der Waals surface area contributed by atoms with Gasteiger partial charge in [-0.25, -0.2) is 9.36 Å². The number of hydrazone groups is 1. The number of ether oxygens (including phenoxy) is 2. The minimum Gasteiger partial charge on any atom is -0.495 e. The van der Waals surface area contributed by atoms with E-state index in [-0.39, 0.29) is 5.56 Å². The fourth-order valence-corrected chi connectivity index (χ4v) is 2.50. The van der Waals surface area contributed by atoms with Crippen LogP contribution in [0.3, 0.4) is 0 Å². The molecule has 0 bridgehead atoms. The van der Waals surface area contributed by atoms with E-state index in [1.807, 2.05) is 0 Å². The van der Waals surface area contributed by atoms with Gasteiger partial charge in [-0.2, -0.15) is 5.10 Å². The first-order valence-corrected chi connectivity index (χ1v) is 7.70. The molecule has 0 aliphatic carbocycles. The smallest absolute Gasteiger partial charge is 0.335 e. The maximum Gasteiger partial charge on any atom is 0.335 e. The fraction of sp³-hybridized carbons (Fsp3) is 0.312. The number of aromatic nitrogens is 2. The van der Waals surface area contributed by atoms with E-state index in [4.69, 9.17) is 9.47 Å². The molecule has 1 aliphatic heterocycles. The van der Waals surface area contributed by atoms with Crippen molar-refractivity contribution in [3.05, 3.63) is 50.7 Å². The van der Waals surface area contributed by atoms with Crippen LogP contribution in [-0.2, 0) is 4.74 Å². The van der Waals surface area contributed by atoms with Gasteiger partial charge in [-0.15, -0.1) is 0 Å². The van der Waals surface area contributed by atoms with Crippen LogP contribution in [0.2, 0.25) is 0 Å². The molecule has 0 spiro atoms. The summed E-state index contributed by atoms with van der Waals surface area (Å²) < 4.78 is 11.4. The lowest BCUT2D eigenvalue weighted by molar-refractivity contribution is 0.0396. The molecule has 2 aromatic rings. The molecule has 2 N–H and O–H groups in total. The molecule has 3 rings (SSSR count). The lowest BCUT2D eigenvalue weighted by Gasteiger charge is -2.23. The van der Waals surface area contributed by atoms with Crippen LogP contribution in [0.5, 0.6) is 11.6 Å². The normalized spacial score (nSPS) is 14.8. The van der Waals surface area contributed by atoms with Crippen LogP contribution >= 0.6 is 0 Å². The highest BCUT2D eigenvalue weighted by Crippen LogP contribution is 2.24. The highest BCUT2D eigenvalue weighted by molar-refractivity contribution is 5.82. The monoisotopic (exact) mass is 346 g/mol. The molecule has 1 saturated heterocycles. The molecule has 1 aromatic carbocycles. The summed E-state index contributed by atoms with van der Waals surface area (Å²) in [5, 5.41) is 16.4. The third kappa shape index (κ3) is 3.41. The van der Waals surface area contributed by atoms with Crippen molar-refractivity contribution in [1.29, 1.82) is 0 Å². The molecule has 0 unspecified atom stereocenters. The molecule has 2 heterocycles. The van der Waals surface area contributed by atoms with Crippen molar-refractivity contribution in [3.63, 3.8) is 0 Å². The van der Waals surface area contributed by atoms with Gasteiger partial charge in [0, 0.05) is 0 Å². The first-order chi connectivity index (χ1) is 12.1. The van der Waals surface area contributed by atoms with Gasteiger partial charge in [-0.1, -0.05) is 12.1 Å². The molecule has 1 aromatic heterocycles. The van der Waals surface area contributed by atoms with Crippen LogP contribution < -0.4 is 16.0 Å². The molecular formula is C16H18N4O5. The van der Waals surface area contributed by atoms with Gasteiger partial charge >= 0.3 is 5.69 Å². The van der Waals surface area contributed by atoms with Crippen LogP contribution in [0.15, 0.2) is 39.0 Å². The lowest BCUT2D eigenvalue weighted by atomic mass is 10.2. The van der Waals surface area contributed by atoms with Crippen molar-refractivity contribution in [2.24, 2.45) is 5.10 Å². The standard InChI is InChI=1S/C16H18N4O5/c1-24-13-5-3-2-4-12(13)20-15(22)11(14(21)18-16(20)23)10-17-19-6-8-25-9-7-19/h2-5,10,22H,6-9H2,1H3,(H,18,21,23)/b17-10+. The second kappa shape index (κ2) is 7.22. The third-order valence-corrected chi connectivity index (χ3v) is 3.78. The molecule has 0 amide bonds. The van der Waals surface area contributed by atoms with Crippen molar-refractivity contribution in [3.8, 4) is 17.3 Å². The van der Waals surface area contributed by atoms with Crippen molar-refractivity contribution >= 4 is 6.21 Å². The minimum atomic E-state index is -0.768. The van der Waals surface area contributed by atoms with Crippen LogP contribution in [0.25, 0.3) is 5.69 Å². The number of morpholine rings is 1. The van der Waals surface area contributed by atoms with Crippen LogP contribution in [0.1, 0.15) is 5.56 Å². The van der Waals surface area contributed by atoms with Crippen molar-refractivity contribution in [1.82, 2.24) is 14.6 Å². The van der Waals surface area contributed by atoms with E-state index < -0.39 is 17.1 Å². The number of H-pyrrole nitrogens is 1.